The largest absolute Gasteiger partial charge is 0.486 e. The van der Waals surface area contributed by atoms with Crippen molar-refractivity contribution in [1.29, 1.82) is 0 Å². The van der Waals surface area contributed by atoms with Crippen LogP contribution in [-0.2, 0) is 15.7 Å². The fourth-order valence-electron chi connectivity index (χ4n) is 1.21. The highest BCUT2D eigenvalue weighted by Gasteiger charge is 2.16. The molecule has 6 nitrogen and oxygen atoms in total. The Kier molecular flexibility index (Phi) is 4.92. The third-order valence-corrected chi connectivity index (χ3v) is 3.30. The van der Waals surface area contributed by atoms with E-state index in [-0.39, 0.29) is 29.7 Å². The van der Waals surface area contributed by atoms with Gasteiger partial charge < -0.3 is 4.74 Å². The number of benzene rings is 1. The Hall–Kier alpha value is -1.34. The number of nitrogens with zero attached hydrogens (tertiary/aromatic N) is 1. The standard InChI is InChI=1S/C10H12ClNO5S/c1-18(15,16)5-4-17-10-3-2-8(7-11)6-9(10)12(13)14/h2-3,6H,4-5,7H2,1H3. The van der Waals surface area contributed by atoms with Gasteiger partial charge in [-0.2, -0.15) is 0 Å². The summed E-state index contributed by atoms with van der Waals surface area (Å²) in [4.78, 5) is 10.2. The Morgan fingerprint density at radius 3 is 2.61 bits per heavy atom. The molecule has 100 valence electrons. The number of nitro groups is 1. The van der Waals surface area contributed by atoms with Gasteiger partial charge in [0.2, 0.25) is 0 Å². The zero-order valence-electron chi connectivity index (χ0n) is 9.63. The predicted molar refractivity (Wildman–Crippen MR) is 67.9 cm³/mol. The van der Waals surface area contributed by atoms with Gasteiger partial charge in [0.25, 0.3) is 0 Å². The van der Waals surface area contributed by atoms with Crippen LogP contribution < -0.4 is 4.74 Å². The first-order valence-corrected chi connectivity index (χ1v) is 7.57. The zero-order valence-corrected chi connectivity index (χ0v) is 11.2. The fraction of sp³-hybridized carbons (Fsp3) is 0.400. The lowest BCUT2D eigenvalue weighted by Gasteiger charge is -2.06. The Balaban J connectivity index is 2.85. The van der Waals surface area contributed by atoms with Crippen LogP contribution in [0.3, 0.4) is 0 Å². The van der Waals surface area contributed by atoms with Gasteiger partial charge in [-0.15, -0.1) is 11.6 Å². The number of sulfone groups is 1. The van der Waals surface area contributed by atoms with Crippen LogP contribution in [0.5, 0.6) is 5.75 Å². The molecular weight excluding hydrogens is 282 g/mol. The molecule has 0 heterocycles. The summed E-state index contributed by atoms with van der Waals surface area (Å²) in [6, 6.07) is 4.32. The predicted octanol–water partition coefficient (Wildman–Crippen LogP) is 1.76. The number of ether oxygens (including phenoxy) is 1. The second-order valence-electron chi connectivity index (χ2n) is 3.67. The highest BCUT2D eigenvalue weighted by atomic mass is 35.5. The third-order valence-electron chi connectivity index (χ3n) is 2.09. The highest BCUT2D eigenvalue weighted by Crippen LogP contribution is 2.28. The average molecular weight is 294 g/mol. The molecule has 0 N–H and O–H groups in total. The molecule has 0 aliphatic heterocycles. The molecule has 0 aromatic heterocycles. The van der Waals surface area contributed by atoms with E-state index in [0.29, 0.717) is 5.56 Å². The van der Waals surface area contributed by atoms with Crippen molar-refractivity contribution < 1.29 is 18.1 Å². The minimum absolute atomic E-state index is 0.0394. The van der Waals surface area contributed by atoms with Crippen molar-refractivity contribution in [1.82, 2.24) is 0 Å². The van der Waals surface area contributed by atoms with Crippen LogP contribution in [0, 0.1) is 10.1 Å². The summed E-state index contributed by atoms with van der Waals surface area (Å²) in [6.45, 7) is -0.125. The molecule has 8 heteroatoms. The molecule has 1 aromatic carbocycles. The molecule has 1 rings (SSSR count). The van der Waals surface area contributed by atoms with Gasteiger partial charge in [0, 0.05) is 18.2 Å². The molecule has 0 saturated carbocycles. The van der Waals surface area contributed by atoms with Crippen LogP contribution in [0.1, 0.15) is 5.56 Å². The van der Waals surface area contributed by atoms with Crippen LogP contribution in [0.15, 0.2) is 18.2 Å². The Labute approximate surface area is 110 Å². The van der Waals surface area contributed by atoms with E-state index in [1.165, 1.54) is 12.1 Å². The molecule has 0 aliphatic carbocycles. The first-order valence-electron chi connectivity index (χ1n) is 4.97. The molecule has 1 aromatic rings. The number of halogens is 1. The van der Waals surface area contributed by atoms with Crippen molar-refractivity contribution in [2.24, 2.45) is 0 Å². The molecule has 18 heavy (non-hydrogen) atoms. The van der Waals surface area contributed by atoms with E-state index in [2.05, 4.69) is 0 Å². The molecule has 0 aliphatic rings. The second kappa shape index (κ2) is 6.01. The van der Waals surface area contributed by atoms with Crippen LogP contribution in [0.25, 0.3) is 0 Å². The maximum Gasteiger partial charge on any atom is 0.311 e. The van der Waals surface area contributed by atoms with Gasteiger partial charge >= 0.3 is 5.69 Å². The Morgan fingerprint density at radius 2 is 2.11 bits per heavy atom. The topological polar surface area (TPSA) is 86.5 Å². The van der Waals surface area contributed by atoms with Gasteiger partial charge in [0.1, 0.15) is 6.61 Å². The van der Waals surface area contributed by atoms with Crippen molar-refractivity contribution in [2.45, 2.75) is 5.88 Å². The summed E-state index contributed by atoms with van der Waals surface area (Å²) in [5.41, 5.74) is 0.375. The van der Waals surface area contributed by atoms with Crippen molar-refractivity contribution in [2.75, 3.05) is 18.6 Å². The minimum atomic E-state index is -3.16. The van der Waals surface area contributed by atoms with Crippen molar-refractivity contribution in [3.05, 3.63) is 33.9 Å². The zero-order chi connectivity index (χ0) is 13.8. The van der Waals surface area contributed by atoms with Crippen LogP contribution in [0.2, 0.25) is 0 Å². The monoisotopic (exact) mass is 293 g/mol. The lowest BCUT2D eigenvalue weighted by molar-refractivity contribution is -0.385. The lowest BCUT2D eigenvalue weighted by atomic mass is 10.2. The maximum absolute atomic E-state index is 10.9. The first kappa shape index (κ1) is 14.7. The normalized spacial score (nSPS) is 11.2. The quantitative estimate of drug-likeness (QED) is 0.453. The number of hydrogen-bond donors (Lipinski definition) is 0. The summed E-state index contributed by atoms with van der Waals surface area (Å²) in [6.07, 6.45) is 1.07. The van der Waals surface area contributed by atoms with E-state index < -0.39 is 14.8 Å². The minimum Gasteiger partial charge on any atom is -0.486 e. The molecule has 0 radical (unpaired) electrons. The SMILES string of the molecule is CS(=O)(=O)CCOc1ccc(CCl)cc1[N+](=O)[O-]. The summed E-state index contributed by atoms with van der Waals surface area (Å²) >= 11 is 5.58. The van der Waals surface area contributed by atoms with Crippen LogP contribution >= 0.6 is 11.6 Å². The maximum atomic E-state index is 10.9. The molecule has 0 bridgehead atoms. The van der Waals surface area contributed by atoms with Crippen LogP contribution in [-0.4, -0.2) is 32.0 Å². The molecule has 0 atom stereocenters. The molecule has 0 saturated heterocycles. The van der Waals surface area contributed by atoms with Crippen molar-refractivity contribution in [3.8, 4) is 5.75 Å². The number of rotatable bonds is 6. The number of nitro benzene ring substituents is 1. The highest BCUT2D eigenvalue weighted by molar-refractivity contribution is 7.90. The van der Waals surface area contributed by atoms with E-state index in [4.69, 9.17) is 16.3 Å². The fourth-order valence-corrected chi connectivity index (χ4v) is 1.77. The molecule has 0 fully saturated rings. The molecule has 0 unspecified atom stereocenters. The molecule has 0 spiro atoms. The van der Waals surface area contributed by atoms with Gasteiger partial charge in [-0.3, -0.25) is 10.1 Å². The summed E-state index contributed by atoms with van der Waals surface area (Å²) in [7, 11) is -3.16. The summed E-state index contributed by atoms with van der Waals surface area (Å²) in [5, 5.41) is 10.8. The summed E-state index contributed by atoms with van der Waals surface area (Å²) in [5.74, 6) is 0.00353. The number of hydrogen-bond acceptors (Lipinski definition) is 5. The van der Waals surface area contributed by atoms with Crippen molar-refractivity contribution >= 4 is 27.1 Å². The Bertz CT molecular complexity index is 543. The van der Waals surface area contributed by atoms with Crippen molar-refractivity contribution in [3.63, 3.8) is 0 Å². The average Bonchev–Trinajstić information content (AvgIpc) is 2.27. The smallest absolute Gasteiger partial charge is 0.311 e. The van der Waals surface area contributed by atoms with E-state index in [9.17, 15) is 18.5 Å². The van der Waals surface area contributed by atoms with E-state index >= 15 is 0 Å². The lowest BCUT2D eigenvalue weighted by Crippen LogP contribution is -2.12. The second-order valence-corrected chi connectivity index (χ2v) is 6.20. The molecule has 0 amide bonds. The Morgan fingerprint density at radius 1 is 1.44 bits per heavy atom. The third kappa shape index (κ3) is 4.50. The summed E-state index contributed by atoms with van der Waals surface area (Å²) < 4.78 is 26.9. The van der Waals surface area contributed by atoms with E-state index in [1.807, 2.05) is 0 Å². The van der Waals surface area contributed by atoms with Crippen LogP contribution in [0.4, 0.5) is 5.69 Å². The van der Waals surface area contributed by atoms with Gasteiger partial charge in [0.05, 0.1) is 10.7 Å². The van der Waals surface area contributed by atoms with Gasteiger partial charge in [-0.25, -0.2) is 8.42 Å². The van der Waals surface area contributed by atoms with Gasteiger partial charge in [-0.1, -0.05) is 6.07 Å². The van der Waals surface area contributed by atoms with E-state index in [1.54, 1.807) is 6.07 Å². The number of alkyl halides is 1. The van der Waals surface area contributed by atoms with Gasteiger partial charge in [0.15, 0.2) is 15.6 Å². The first-order chi connectivity index (χ1) is 8.33. The molecular formula is C10H12ClNO5S. The van der Waals surface area contributed by atoms with E-state index in [0.717, 1.165) is 6.26 Å². The van der Waals surface area contributed by atoms with Gasteiger partial charge in [-0.05, 0) is 11.6 Å².